The van der Waals surface area contributed by atoms with E-state index in [1.54, 1.807) is 17.3 Å². The van der Waals surface area contributed by atoms with Gasteiger partial charge in [0.25, 0.3) is 0 Å². The van der Waals surface area contributed by atoms with E-state index < -0.39 is 0 Å². The lowest BCUT2D eigenvalue weighted by Gasteiger charge is -2.28. The van der Waals surface area contributed by atoms with Crippen LogP contribution < -0.4 is 20.4 Å². The van der Waals surface area contributed by atoms with E-state index in [1.165, 1.54) is 0 Å². The van der Waals surface area contributed by atoms with Gasteiger partial charge >= 0.3 is 6.03 Å². The molecule has 0 spiro atoms. The van der Waals surface area contributed by atoms with Crippen molar-refractivity contribution in [2.75, 3.05) is 54.2 Å². The second-order valence-corrected chi connectivity index (χ2v) is 8.51. The van der Waals surface area contributed by atoms with E-state index in [-0.39, 0.29) is 12.1 Å². The van der Waals surface area contributed by atoms with Crippen molar-refractivity contribution < 1.29 is 4.79 Å². The van der Waals surface area contributed by atoms with Crippen molar-refractivity contribution in [3.63, 3.8) is 0 Å². The molecule has 2 atom stereocenters. The lowest BCUT2D eigenvalue weighted by Crippen LogP contribution is -2.42. The fraction of sp³-hybridized carbons (Fsp3) is 0.500. The van der Waals surface area contributed by atoms with Crippen LogP contribution in [0.25, 0.3) is 0 Å². The first-order valence-corrected chi connectivity index (χ1v) is 10.6. The first kappa shape index (κ1) is 20.4. The number of aromatic nitrogens is 2. The Kier molecular flexibility index (Phi) is 5.76. The van der Waals surface area contributed by atoms with E-state index in [0.29, 0.717) is 17.5 Å². The Balaban J connectivity index is 1.62. The molecule has 1 fully saturated rings. The van der Waals surface area contributed by atoms with E-state index in [2.05, 4.69) is 52.5 Å². The number of hydrogen-bond acceptors (Lipinski definition) is 6. The minimum Gasteiger partial charge on any atom is -0.382 e. The van der Waals surface area contributed by atoms with Crippen molar-refractivity contribution in [2.24, 2.45) is 0 Å². The van der Waals surface area contributed by atoms with Crippen LogP contribution >= 0.6 is 0 Å². The maximum atomic E-state index is 13.3. The molecule has 2 aliphatic rings. The summed E-state index contributed by atoms with van der Waals surface area (Å²) in [6.45, 7) is 6.75. The number of urea groups is 1. The van der Waals surface area contributed by atoms with E-state index in [0.717, 1.165) is 49.5 Å². The SMILES string of the molecule is Cc1cncc(NC(=O)N2c3nc(N4CC[C@H](N(C)C)C4)ccc3NCC[C@H]2C)c1. The van der Waals surface area contributed by atoms with E-state index in [4.69, 9.17) is 4.98 Å². The first-order chi connectivity index (χ1) is 14.4. The minimum absolute atomic E-state index is 0.0207. The highest BCUT2D eigenvalue weighted by molar-refractivity contribution is 6.03. The van der Waals surface area contributed by atoms with Crippen molar-refractivity contribution in [2.45, 2.75) is 38.8 Å². The van der Waals surface area contributed by atoms with Crippen LogP contribution in [0.15, 0.2) is 30.6 Å². The predicted octanol–water partition coefficient (Wildman–Crippen LogP) is 3.17. The first-order valence-electron chi connectivity index (χ1n) is 10.6. The van der Waals surface area contributed by atoms with Crippen molar-refractivity contribution in [1.29, 1.82) is 0 Å². The summed E-state index contributed by atoms with van der Waals surface area (Å²) >= 11 is 0. The van der Waals surface area contributed by atoms with Crippen LogP contribution in [-0.2, 0) is 0 Å². The van der Waals surface area contributed by atoms with E-state index >= 15 is 0 Å². The lowest BCUT2D eigenvalue weighted by molar-refractivity contribution is 0.255. The Hall–Kier alpha value is -2.87. The van der Waals surface area contributed by atoms with Crippen LogP contribution in [0.1, 0.15) is 25.3 Å². The van der Waals surface area contributed by atoms with Gasteiger partial charge in [-0.1, -0.05) is 0 Å². The van der Waals surface area contributed by atoms with Gasteiger partial charge in [0.2, 0.25) is 0 Å². The number of carbonyl (C=O) groups excluding carboxylic acids is 1. The zero-order valence-corrected chi connectivity index (χ0v) is 18.2. The molecule has 8 nitrogen and oxygen atoms in total. The van der Waals surface area contributed by atoms with E-state index in [1.807, 2.05) is 19.1 Å². The van der Waals surface area contributed by atoms with Gasteiger partial charge < -0.3 is 20.4 Å². The summed E-state index contributed by atoms with van der Waals surface area (Å²) in [6.07, 6.45) is 5.40. The Morgan fingerprint density at radius 2 is 2.10 bits per heavy atom. The van der Waals surface area contributed by atoms with Gasteiger partial charge in [-0.3, -0.25) is 9.88 Å². The number of nitrogens with zero attached hydrogens (tertiary/aromatic N) is 5. The smallest absolute Gasteiger partial charge is 0.327 e. The Labute approximate surface area is 178 Å². The average Bonchev–Trinajstić information content (AvgIpc) is 3.13. The highest BCUT2D eigenvalue weighted by Gasteiger charge is 2.30. The molecular weight excluding hydrogens is 378 g/mol. The highest BCUT2D eigenvalue weighted by Crippen LogP contribution is 2.33. The monoisotopic (exact) mass is 409 g/mol. The largest absolute Gasteiger partial charge is 0.382 e. The molecule has 2 aliphatic heterocycles. The fourth-order valence-electron chi connectivity index (χ4n) is 4.16. The summed E-state index contributed by atoms with van der Waals surface area (Å²) in [5.41, 5.74) is 2.59. The maximum Gasteiger partial charge on any atom is 0.327 e. The Bertz CT molecular complexity index is 916. The third-order valence-corrected chi connectivity index (χ3v) is 5.97. The molecule has 0 bridgehead atoms. The van der Waals surface area contributed by atoms with Gasteiger partial charge in [0.15, 0.2) is 5.82 Å². The predicted molar refractivity (Wildman–Crippen MR) is 122 cm³/mol. The number of pyridine rings is 2. The maximum absolute atomic E-state index is 13.3. The van der Waals surface area contributed by atoms with Gasteiger partial charge in [0.05, 0.1) is 17.6 Å². The van der Waals surface area contributed by atoms with Crippen LogP contribution in [0.4, 0.5) is 27.8 Å². The van der Waals surface area contributed by atoms with Crippen molar-refractivity contribution in [3.8, 4) is 0 Å². The third kappa shape index (κ3) is 4.18. The van der Waals surface area contributed by atoms with Gasteiger partial charge in [0, 0.05) is 37.9 Å². The standard InChI is InChI=1S/C22H31N7O/c1-15-11-17(13-23-12-15)25-22(30)29-16(2)7-9-24-19-5-6-20(26-21(19)29)28-10-8-18(14-28)27(3)4/h5-6,11-13,16,18,24H,7-10,14H2,1-4H3,(H,25,30)/t16-,18+/m1/s1. The van der Waals surface area contributed by atoms with Gasteiger partial charge in [-0.15, -0.1) is 0 Å². The number of hydrogen-bond donors (Lipinski definition) is 2. The zero-order valence-electron chi connectivity index (χ0n) is 18.2. The molecule has 0 aliphatic carbocycles. The molecular formula is C22H31N7O. The number of fused-ring (bicyclic) bond motifs is 1. The molecule has 160 valence electrons. The van der Waals surface area contributed by atoms with Gasteiger partial charge in [0.1, 0.15) is 5.82 Å². The summed E-state index contributed by atoms with van der Waals surface area (Å²) in [4.78, 5) is 28.8. The number of rotatable bonds is 3. The molecule has 30 heavy (non-hydrogen) atoms. The van der Waals surface area contributed by atoms with Crippen LogP contribution in [-0.4, -0.2) is 66.7 Å². The molecule has 4 heterocycles. The van der Waals surface area contributed by atoms with Crippen LogP contribution in [0.5, 0.6) is 0 Å². The topological polar surface area (TPSA) is 76.6 Å². The van der Waals surface area contributed by atoms with Crippen molar-refractivity contribution >= 4 is 29.0 Å². The molecule has 0 saturated carbocycles. The molecule has 2 N–H and O–H groups in total. The molecule has 1 saturated heterocycles. The molecule has 8 heteroatoms. The summed E-state index contributed by atoms with van der Waals surface area (Å²) in [7, 11) is 4.24. The third-order valence-electron chi connectivity index (χ3n) is 5.97. The lowest BCUT2D eigenvalue weighted by atomic mass is 10.2. The number of carbonyl (C=O) groups is 1. The summed E-state index contributed by atoms with van der Waals surface area (Å²) in [5.74, 6) is 1.60. The quantitative estimate of drug-likeness (QED) is 0.811. The Morgan fingerprint density at radius 1 is 1.27 bits per heavy atom. The molecule has 0 radical (unpaired) electrons. The number of amides is 2. The highest BCUT2D eigenvalue weighted by atomic mass is 16.2. The zero-order chi connectivity index (χ0) is 21.3. The van der Waals surface area contributed by atoms with E-state index in [9.17, 15) is 4.79 Å². The van der Waals surface area contributed by atoms with Gasteiger partial charge in [-0.25, -0.2) is 9.78 Å². The van der Waals surface area contributed by atoms with Crippen LogP contribution in [0.2, 0.25) is 0 Å². The molecule has 2 amide bonds. The normalized spacial score (nSPS) is 21.2. The van der Waals surface area contributed by atoms with Crippen molar-refractivity contribution in [3.05, 3.63) is 36.2 Å². The van der Waals surface area contributed by atoms with Gasteiger partial charge in [-0.2, -0.15) is 0 Å². The second-order valence-electron chi connectivity index (χ2n) is 8.51. The molecule has 0 aromatic carbocycles. The molecule has 0 unspecified atom stereocenters. The molecule has 2 aromatic heterocycles. The number of aryl methyl sites for hydroxylation is 1. The molecule has 4 rings (SSSR count). The Morgan fingerprint density at radius 3 is 2.83 bits per heavy atom. The summed E-state index contributed by atoms with van der Waals surface area (Å²) < 4.78 is 0. The van der Waals surface area contributed by atoms with Crippen LogP contribution in [0.3, 0.4) is 0 Å². The number of nitrogens with one attached hydrogen (secondary N) is 2. The number of likely N-dealkylation sites (N-methyl/N-ethyl adjacent to an activating group) is 1. The molecule has 2 aromatic rings. The second kappa shape index (κ2) is 8.47. The average molecular weight is 410 g/mol. The van der Waals surface area contributed by atoms with Crippen molar-refractivity contribution in [1.82, 2.24) is 14.9 Å². The summed E-state index contributed by atoms with van der Waals surface area (Å²) in [6, 6.07) is 6.38. The van der Waals surface area contributed by atoms with Gasteiger partial charge in [-0.05, 0) is 64.5 Å². The fourth-order valence-corrected chi connectivity index (χ4v) is 4.16. The van der Waals surface area contributed by atoms with Crippen LogP contribution in [0, 0.1) is 6.92 Å². The number of anilines is 4. The minimum atomic E-state index is -0.183. The summed E-state index contributed by atoms with van der Waals surface area (Å²) in [5, 5.41) is 6.43.